The first kappa shape index (κ1) is 22.8. The SMILES string of the molecule is COc1cccc(CNC(=O)c2c(O)cccc2O[C@@H]2O[C@H](CO)[C@@H](O)[C@H](O)[C@H]2O)c1. The Morgan fingerprint density at radius 3 is 2.55 bits per heavy atom. The summed E-state index contributed by atoms with van der Waals surface area (Å²) < 4.78 is 16.0. The van der Waals surface area contributed by atoms with Crippen LogP contribution >= 0.6 is 0 Å². The number of ether oxygens (including phenoxy) is 3. The standard InChI is InChI=1S/C21H25NO9/c1-29-12-5-2-4-11(8-12)9-22-20(28)16-13(24)6-3-7-14(16)30-21-19(27)18(26)17(25)15(10-23)31-21/h2-8,15,17-19,21,23-27H,9-10H2,1H3,(H,22,28)/t15-,17-,18+,19-,21-/m1/s1. The Bertz CT molecular complexity index is 904. The van der Waals surface area contributed by atoms with Gasteiger partial charge in [-0.3, -0.25) is 4.79 Å². The van der Waals surface area contributed by atoms with E-state index >= 15 is 0 Å². The first-order chi connectivity index (χ1) is 14.8. The Labute approximate surface area is 178 Å². The third-order valence-electron chi connectivity index (χ3n) is 4.91. The molecular formula is C21H25NO9. The van der Waals surface area contributed by atoms with Gasteiger partial charge in [0.2, 0.25) is 6.29 Å². The molecular weight excluding hydrogens is 410 g/mol. The number of carbonyl (C=O) groups is 1. The lowest BCUT2D eigenvalue weighted by Gasteiger charge is -2.39. The fourth-order valence-electron chi connectivity index (χ4n) is 3.19. The number of phenolic OH excluding ortho intramolecular Hbond substituents is 1. The highest BCUT2D eigenvalue weighted by atomic mass is 16.7. The highest BCUT2D eigenvalue weighted by Crippen LogP contribution is 2.31. The zero-order valence-electron chi connectivity index (χ0n) is 16.7. The van der Waals surface area contributed by atoms with Crippen molar-refractivity contribution in [3.05, 3.63) is 53.6 Å². The van der Waals surface area contributed by atoms with E-state index in [1.807, 2.05) is 0 Å². The summed E-state index contributed by atoms with van der Waals surface area (Å²) in [4.78, 5) is 12.8. The van der Waals surface area contributed by atoms with Gasteiger partial charge >= 0.3 is 0 Å². The number of methoxy groups -OCH3 is 1. The molecule has 3 rings (SSSR count). The zero-order valence-corrected chi connectivity index (χ0v) is 16.7. The third-order valence-corrected chi connectivity index (χ3v) is 4.91. The van der Waals surface area contributed by atoms with E-state index in [1.54, 1.807) is 24.3 Å². The van der Waals surface area contributed by atoms with Crippen LogP contribution in [0.3, 0.4) is 0 Å². The Morgan fingerprint density at radius 2 is 1.84 bits per heavy atom. The van der Waals surface area contributed by atoms with E-state index in [9.17, 15) is 30.3 Å². The molecule has 1 aliphatic heterocycles. The van der Waals surface area contributed by atoms with Gasteiger partial charge in [-0.05, 0) is 29.8 Å². The maximum absolute atomic E-state index is 12.8. The number of amides is 1. The molecule has 1 heterocycles. The van der Waals surface area contributed by atoms with Crippen LogP contribution in [0.1, 0.15) is 15.9 Å². The van der Waals surface area contributed by atoms with E-state index in [0.717, 1.165) is 5.56 Å². The lowest BCUT2D eigenvalue weighted by atomic mass is 9.99. The van der Waals surface area contributed by atoms with Gasteiger partial charge in [0.15, 0.2) is 0 Å². The summed E-state index contributed by atoms with van der Waals surface area (Å²) >= 11 is 0. The maximum atomic E-state index is 12.8. The molecule has 2 aromatic rings. The Kier molecular flexibility index (Phi) is 7.31. The second-order valence-corrected chi connectivity index (χ2v) is 7.00. The summed E-state index contributed by atoms with van der Waals surface area (Å²) in [5.74, 6) is -0.515. The summed E-state index contributed by atoms with van der Waals surface area (Å²) in [6.45, 7) is -0.484. The molecule has 5 atom stereocenters. The molecule has 31 heavy (non-hydrogen) atoms. The number of aromatic hydroxyl groups is 1. The number of aliphatic hydroxyl groups is 4. The molecule has 1 fully saturated rings. The van der Waals surface area contributed by atoms with Crippen LogP contribution in [-0.2, 0) is 11.3 Å². The molecule has 1 amide bonds. The van der Waals surface area contributed by atoms with E-state index in [2.05, 4.69) is 5.32 Å². The second kappa shape index (κ2) is 9.94. The average molecular weight is 435 g/mol. The van der Waals surface area contributed by atoms with Crippen LogP contribution in [0.15, 0.2) is 42.5 Å². The minimum atomic E-state index is -1.66. The van der Waals surface area contributed by atoms with Crippen molar-refractivity contribution in [2.75, 3.05) is 13.7 Å². The summed E-state index contributed by atoms with van der Waals surface area (Å²) in [5, 5.41) is 52.2. The number of hydrogen-bond donors (Lipinski definition) is 6. The summed E-state index contributed by atoms with van der Waals surface area (Å²) in [7, 11) is 1.53. The van der Waals surface area contributed by atoms with Crippen molar-refractivity contribution in [1.29, 1.82) is 0 Å². The summed E-state index contributed by atoms with van der Waals surface area (Å²) in [5.41, 5.74) is 0.557. The van der Waals surface area contributed by atoms with Crippen molar-refractivity contribution >= 4 is 5.91 Å². The van der Waals surface area contributed by atoms with Gasteiger partial charge in [-0.15, -0.1) is 0 Å². The largest absolute Gasteiger partial charge is 0.507 e. The molecule has 2 aromatic carbocycles. The van der Waals surface area contributed by atoms with Crippen molar-refractivity contribution in [2.24, 2.45) is 0 Å². The zero-order chi connectivity index (χ0) is 22.5. The molecule has 10 nitrogen and oxygen atoms in total. The van der Waals surface area contributed by atoms with Crippen molar-refractivity contribution in [3.63, 3.8) is 0 Å². The third kappa shape index (κ3) is 5.06. The minimum absolute atomic E-state index is 0.118. The number of aliphatic hydroxyl groups excluding tert-OH is 4. The van der Waals surface area contributed by atoms with Crippen molar-refractivity contribution in [2.45, 2.75) is 37.3 Å². The number of carbonyl (C=O) groups excluding carboxylic acids is 1. The highest BCUT2D eigenvalue weighted by Gasteiger charge is 2.45. The van der Waals surface area contributed by atoms with Gasteiger partial charge in [0.05, 0.1) is 13.7 Å². The Balaban J connectivity index is 1.77. The van der Waals surface area contributed by atoms with Crippen molar-refractivity contribution in [3.8, 4) is 17.2 Å². The molecule has 6 N–H and O–H groups in total. The molecule has 10 heteroatoms. The smallest absolute Gasteiger partial charge is 0.259 e. The van der Waals surface area contributed by atoms with Crippen LogP contribution in [0.2, 0.25) is 0 Å². The minimum Gasteiger partial charge on any atom is -0.507 e. The number of benzene rings is 2. The number of nitrogens with one attached hydrogen (secondary N) is 1. The molecule has 0 aromatic heterocycles. The fraction of sp³-hybridized carbons (Fsp3) is 0.381. The highest BCUT2D eigenvalue weighted by molar-refractivity contribution is 5.99. The van der Waals surface area contributed by atoms with E-state index in [0.29, 0.717) is 5.75 Å². The van der Waals surface area contributed by atoms with Crippen LogP contribution in [-0.4, -0.2) is 75.9 Å². The Hall–Kier alpha value is -2.89. The first-order valence-corrected chi connectivity index (χ1v) is 9.56. The molecule has 0 saturated carbocycles. The monoisotopic (exact) mass is 435 g/mol. The predicted octanol–water partition coefficient (Wildman–Crippen LogP) is -0.491. The predicted molar refractivity (Wildman–Crippen MR) is 107 cm³/mol. The summed E-state index contributed by atoms with van der Waals surface area (Å²) in [6.07, 6.45) is -7.52. The van der Waals surface area contributed by atoms with Crippen LogP contribution < -0.4 is 14.8 Å². The van der Waals surface area contributed by atoms with E-state index in [4.69, 9.17) is 14.2 Å². The lowest BCUT2D eigenvalue weighted by Crippen LogP contribution is -2.60. The molecule has 1 saturated heterocycles. The summed E-state index contributed by atoms with van der Waals surface area (Å²) in [6, 6.07) is 11.2. The average Bonchev–Trinajstić information content (AvgIpc) is 2.78. The van der Waals surface area contributed by atoms with Gasteiger partial charge in [0.1, 0.15) is 47.2 Å². The van der Waals surface area contributed by atoms with Crippen molar-refractivity contribution in [1.82, 2.24) is 5.32 Å². The van der Waals surface area contributed by atoms with Crippen LogP contribution in [0.5, 0.6) is 17.2 Å². The molecule has 0 radical (unpaired) electrons. The van der Waals surface area contributed by atoms with Gasteiger partial charge in [-0.2, -0.15) is 0 Å². The second-order valence-electron chi connectivity index (χ2n) is 7.00. The molecule has 0 spiro atoms. The van der Waals surface area contributed by atoms with E-state index < -0.39 is 43.2 Å². The van der Waals surface area contributed by atoms with Gasteiger partial charge in [-0.25, -0.2) is 0 Å². The Morgan fingerprint density at radius 1 is 1.10 bits per heavy atom. The van der Waals surface area contributed by atoms with Gasteiger partial charge in [-0.1, -0.05) is 18.2 Å². The van der Waals surface area contributed by atoms with Gasteiger partial charge in [0.25, 0.3) is 5.91 Å². The van der Waals surface area contributed by atoms with Crippen LogP contribution in [0.25, 0.3) is 0 Å². The molecule has 0 unspecified atom stereocenters. The normalized spacial score (nSPS) is 25.6. The van der Waals surface area contributed by atoms with Gasteiger partial charge < -0.3 is 45.1 Å². The van der Waals surface area contributed by atoms with Crippen molar-refractivity contribution < 1.29 is 44.5 Å². The van der Waals surface area contributed by atoms with Crippen LogP contribution in [0, 0.1) is 0 Å². The van der Waals surface area contributed by atoms with Gasteiger partial charge in [0, 0.05) is 6.54 Å². The number of hydrogen-bond acceptors (Lipinski definition) is 9. The molecule has 0 bridgehead atoms. The number of phenols is 1. The first-order valence-electron chi connectivity index (χ1n) is 9.56. The maximum Gasteiger partial charge on any atom is 0.259 e. The molecule has 0 aliphatic carbocycles. The van der Waals surface area contributed by atoms with E-state index in [-0.39, 0.29) is 23.6 Å². The van der Waals surface area contributed by atoms with E-state index in [1.165, 1.54) is 25.3 Å². The molecule has 1 aliphatic rings. The van der Waals surface area contributed by atoms with Crippen LogP contribution in [0.4, 0.5) is 0 Å². The topological polar surface area (TPSA) is 158 Å². The lowest BCUT2D eigenvalue weighted by molar-refractivity contribution is -0.277. The fourth-order valence-corrected chi connectivity index (χ4v) is 3.19. The molecule has 168 valence electrons. The quantitative estimate of drug-likeness (QED) is 0.337. The number of rotatable bonds is 7.